The van der Waals surface area contributed by atoms with Gasteiger partial charge in [-0.25, -0.2) is 8.42 Å². The molecule has 0 spiro atoms. The second-order valence-electron chi connectivity index (χ2n) is 2.12. The summed E-state index contributed by atoms with van der Waals surface area (Å²) < 4.78 is 29.7. The van der Waals surface area contributed by atoms with Gasteiger partial charge in [-0.15, -0.1) is 0 Å². The Labute approximate surface area is 98.4 Å². The van der Waals surface area contributed by atoms with Crippen LogP contribution in [0.25, 0.3) is 0 Å². The summed E-state index contributed by atoms with van der Waals surface area (Å²) in [7, 11) is -3.97. The van der Waals surface area contributed by atoms with E-state index in [9.17, 15) is 13.0 Å². The number of hydrogen-bond donors (Lipinski definition) is 0. The number of hydrogen-bond acceptors (Lipinski definition) is 3. The minimum absolute atomic E-state index is 0. The average molecular weight is 176 g/mol. The van der Waals surface area contributed by atoms with Crippen molar-refractivity contribution in [3.8, 4) is 0 Å². The first-order valence-corrected chi connectivity index (χ1v) is 3.93. The van der Waals surface area contributed by atoms with Crippen LogP contribution in [0.4, 0.5) is 0 Å². The van der Waals surface area contributed by atoms with Crippen molar-refractivity contribution in [1.82, 2.24) is 0 Å². The van der Waals surface area contributed by atoms with Gasteiger partial charge in [-0.1, -0.05) is 13.8 Å². The summed E-state index contributed by atoms with van der Waals surface area (Å²) in [4.78, 5) is 0. The molecule has 0 N–H and O–H groups in total. The predicted molar refractivity (Wildman–Crippen MR) is 29.4 cm³/mol. The monoisotopic (exact) mass is 176 g/mol. The fraction of sp³-hybridized carbons (Fsp3) is 1.00. The van der Waals surface area contributed by atoms with Crippen LogP contribution >= 0.6 is 0 Å². The second kappa shape index (κ2) is 5.23. The third-order valence-electron chi connectivity index (χ3n) is 0.537. The van der Waals surface area contributed by atoms with Crippen molar-refractivity contribution in [2.24, 2.45) is 5.92 Å². The van der Waals surface area contributed by atoms with Gasteiger partial charge < -0.3 is 4.55 Å². The molecule has 0 fully saturated rings. The van der Waals surface area contributed by atoms with Crippen LogP contribution in [0.2, 0.25) is 0 Å². The summed E-state index contributed by atoms with van der Waals surface area (Å²) >= 11 is 0. The molecule has 3 nitrogen and oxygen atoms in total. The Morgan fingerprint density at radius 1 is 1.44 bits per heavy atom. The van der Waals surface area contributed by atoms with Crippen molar-refractivity contribution in [2.45, 2.75) is 13.8 Å². The predicted octanol–water partition coefficient (Wildman–Crippen LogP) is -2.81. The maximum atomic E-state index is 9.89. The van der Waals surface area contributed by atoms with Gasteiger partial charge in [0, 0.05) is 5.75 Å². The molecule has 0 heterocycles. The maximum Gasteiger partial charge on any atom is 1.00 e. The Hall–Kier alpha value is 1.55. The first-order chi connectivity index (χ1) is 3.42. The molecule has 0 unspecified atom stereocenters. The van der Waals surface area contributed by atoms with E-state index < -0.39 is 10.1 Å². The molecule has 0 saturated heterocycles. The molecule has 0 aromatic rings. The molecule has 0 amide bonds. The molecule has 5 heteroatoms. The van der Waals surface area contributed by atoms with Gasteiger partial charge in [-0.2, -0.15) is 0 Å². The maximum absolute atomic E-state index is 9.89. The molecule has 9 heavy (non-hydrogen) atoms. The minimum Gasteiger partial charge on any atom is -0.748 e. The molecule has 0 saturated carbocycles. The zero-order valence-corrected chi connectivity index (χ0v) is 9.86. The molecular formula is C4H9KO3S. The smallest absolute Gasteiger partial charge is 0.748 e. The Balaban J connectivity index is 0. The van der Waals surface area contributed by atoms with Gasteiger partial charge in [-0.05, 0) is 5.92 Å². The van der Waals surface area contributed by atoms with Gasteiger partial charge in [0.2, 0.25) is 0 Å². The molecule has 0 aromatic heterocycles. The summed E-state index contributed by atoms with van der Waals surface area (Å²) in [6, 6.07) is 0. The summed E-state index contributed by atoms with van der Waals surface area (Å²) in [6.07, 6.45) is 0. The van der Waals surface area contributed by atoms with Crippen LogP contribution in [-0.2, 0) is 10.1 Å². The van der Waals surface area contributed by atoms with Gasteiger partial charge >= 0.3 is 51.4 Å². The molecule has 0 aromatic carbocycles. The molecule has 50 valence electrons. The van der Waals surface area contributed by atoms with Crippen LogP contribution in [-0.4, -0.2) is 18.7 Å². The Bertz CT molecular complexity index is 149. The quantitative estimate of drug-likeness (QED) is 0.337. The summed E-state index contributed by atoms with van der Waals surface area (Å²) in [5, 5.41) is 0. The van der Waals surface area contributed by atoms with E-state index in [0.717, 1.165) is 0 Å². The standard InChI is InChI=1S/C4H10O3S.K/c1-4(2)3-8(5,6)7;/h4H,3H2,1-2H3,(H,5,6,7);/q;+1/p-1. The minimum atomic E-state index is -3.97. The zero-order chi connectivity index (χ0) is 6.78. The molecule has 0 aliphatic carbocycles. The Morgan fingerprint density at radius 2 is 1.78 bits per heavy atom. The van der Waals surface area contributed by atoms with Gasteiger partial charge in [0.25, 0.3) is 0 Å². The van der Waals surface area contributed by atoms with Gasteiger partial charge in [0.15, 0.2) is 0 Å². The van der Waals surface area contributed by atoms with Crippen LogP contribution in [0.5, 0.6) is 0 Å². The Morgan fingerprint density at radius 3 is 1.78 bits per heavy atom. The molecular weight excluding hydrogens is 167 g/mol. The van der Waals surface area contributed by atoms with E-state index in [2.05, 4.69) is 0 Å². The van der Waals surface area contributed by atoms with E-state index in [-0.39, 0.29) is 63.1 Å². The third kappa shape index (κ3) is 12.7. The van der Waals surface area contributed by atoms with Crippen LogP contribution < -0.4 is 51.4 Å². The molecule has 0 aliphatic heterocycles. The van der Waals surface area contributed by atoms with Crippen LogP contribution in [0.3, 0.4) is 0 Å². The number of rotatable bonds is 2. The first kappa shape index (κ1) is 13.2. The van der Waals surface area contributed by atoms with Crippen molar-refractivity contribution < 1.29 is 64.4 Å². The normalized spacial score (nSPS) is 11.1. The van der Waals surface area contributed by atoms with E-state index in [1.807, 2.05) is 0 Å². The Kier molecular flexibility index (Phi) is 7.65. The first-order valence-electron chi connectivity index (χ1n) is 2.35. The van der Waals surface area contributed by atoms with E-state index >= 15 is 0 Å². The third-order valence-corrected chi connectivity index (χ3v) is 1.61. The topological polar surface area (TPSA) is 57.2 Å². The summed E-state index contributed by atoms with van der Waals surface area (Å²) in [6.45, 7) is 3.38. The molecule has 0 atom stereocenters. The largest absolute Gasteiger partial charge is 1.00 e. The van der Waals surface area contributed by atoms with Gasteiger partial charge in [0.05, 0.1) is 10.1 Å². The average Bonchev–Trinajstić information content (AvgIpc) is 1.21. The van der Waals surface area contributed by atoms with Crippen LogP contribution in [0.1, 0.15) is 13.8 Å². The van der Waals surface area contributed by atoms with Crippen molar-refractivity contribution in [2.75, 3.05) is 5.75 Å². The van der Waals surface area contributed by atoms with Crippen LogP contribution in [0.15, 0.2) is 0 Å². The molecule has 0 radical (unpaired) electrons. The van der Waals surface area contributed by atoms with Gasteiger partial charge in [0.1, 0.15) is 0 Å². The second-order valence-corrected chi connectivity index (χ2v) is 3.57. The zero-order valence-electron chi connectivity index (χ0n) is 5.92. The summed E-state index contributed by atoms with van der Waals surface area (Å²) in [5.74, 6) is -0.315. The van der Waals surface area contributed by atoms with Crippen molar-refractivity contribution in [3.05, 3.63) is 0 Å². The fourth-order valence-corrected chi connectivity index (χ4v) is 1.22. The van der Waals surface area contributed by atoms with E-state index in [1.54, 1.807) is 13.8 Å². The van der Waals surface area contributed by atoms with Crippen molar-refractivity contribution in [3.63, 3.8) is 0 Å². The van der Waals surface area contributed by atoms with E-state index in [0.29, 0.717) is 0 Å². The molecule has 0 aliphatic rings. The van der Waals surface area contributed by atoms with Crippen molar-refractivity contribution >= 4 is 10.1 Å². The van der Waals surface area contributed by atoms with E-state index in [4.69, 9.17) is 0 Å². The fourth-order valence-electron chi connectivity index (χ4n) is 0.408. The van der Waals surface area contributed by atoms with Crippen molar-refractivity contribution in [1.29, 1.82) is 0 Å². The molecule has 0 rings (SSSR count). The van der Waals surface area contributed by atoms with Crippen LogP contribution in [0, 0.1) is 5.92 Å². The van der Waals surface area contributed by atoms with Gasteiger partial charge in [-0.3, -0.25) is 0 Å². The molecule has 0 bridgehead atoms. The summed E-state index contributed by atoms with van der Waals surface area (Å²) in [5.41, 5.74) is 0. The van der Waals surface area contributed by atoms with E-state index in [1.165, 1.54) is 0 Å². The SMILES string of the molecule is CC(C)CS(=O)(=O)[O-].[K+].